The SMILES string of the molecule is CCOc1ccc(C)cc1C(O)C(C)NCCC(C)C. The summed E-state index contributed by atoms with van der Waals surface area (Å²) in [5.41, 5.74) is 2.01. The number of benzene rings is 1. The number of ether oxygens (including phenoxy) is 1. The smallest absolute Gasteiger partial charge is 0.125 e. The standard InChI is InChI=1S/C17H29NO2/c1-6-20-16-8-7-13(4)11-15(16)17(19)14(5)18-10-9-12(2)3/h7-8,11-12,14,17-19H,6,9-10H2,1-5H3. The third-order valence-electron chi connectivity index (χ3n) is 3.45. The van der Waals surface area contributed by atoms with Crippen molar-refractivity contribution in [3.8, 4) is 5.75 Å². The van der Waals surface area contributed by atoms with Gasteiger partial charge in [0.2, 0.25) is 0 Å². The molecule has 3 heteroatoms. The molecule has 1 aromatic carbocycles. The number of nitrogens with one attached hydrogen (secondary N) is 1. The van der Waals surface area contributed by atoms with Crippen LogP contribution in [-0.2, 0) is 0 Å². The van der Waals surface area contributed by atoms with Gasteiger partial charge in [0.25, 0.3) is 0 Å². The molecule has 1 rings (SSSR count). The van der Waals surface area contributed by atoms with E-state index in [2.05, 4.69) is 19.2 Å². The van der Waals surface area contributed by atoms with E-state index in [-0.39, 0.29) is 6.04 Å². The van der Waals surface area contributed by atoms with Crippen LogP contribution < -0.4 is 10.1 Å². The molecule has 0 heterocycles. The first kappa shape index (κ1) is 17.0. The van der Waals surface area contributed by atoms with Gasteiger partial charge in [0.1, 0.15) is 5.75 Å². The van der Waals surface area contributed by atoms with Crippen molar-refractivity contribution in [2.75, 3.05) is 13.2 Å². The molecule has 0 saturated carbocycles. The number of hydrogen-bond donors (Lipinski definition) is 2. The summed E-state index contributed by atoms with van der Waals surface area (Å²) in [5, 5.41) is 13.9. The van der Waals surface area contributed by atoms with E-state index in [9.17, 15) is 5.11 Å². The molecule has 0 amide bonds. The lowest BCUT2D eigenvalue weighted by Crippen LogP contribution is -2.33. The molecule has 0 bridgehead atoms. The molecule has 0 fully saturated rings. The van der Waals surface area contributed by atoms with E-state index in [0.29, 0.717) is 12.5 Å². The third kappa shape index (κ3) is 5.14. The van der Waals surface area contributed by atoms with E-state index in [1.165, 1.54) is 0 Å². The van der Waals surface area contributed by atoms with Gasteiger partial charge in [-0.05, 0) is 51.8 Å². The Morgan fingerprint density at radius 2 is 1.95 bits per heavy atom. The molecule has 1 aromatic rings. The Bertz CT molecular complexity index is 404. The van der Waals surface area contributed by atoms with Crippen LogP contribution in [-0.4, -0.2) is 24.3 Å². The van der Waals surface area contributed by atoms with E-state index in [1.807, 2.05) is 39.0 Å². The molecule has 20 heavy (non-hydrogen) atoms. The first-order valence-electron chi connectivity index (χ1n) is 7.60. The van der Waals surface area contributed by atoms with Crippen LogP contribution in [0.15, 0.2) is 18.2 Å². The van der Waals surface area contributed by atoms with Gasteiger partial charge < -0.3 is 15.2 Å². The van der Waals surface area contributed by atoms with Gasteiger partial charge in [-0.1, -0.05) is 25.5 Å². The normalized spacial score (nSPS) is 14.3. The molecule has 0 spiro atoms. The van der Waals surface area contributed by atoms with Gasteiger partial charge in [-0.25, -0.2) is 0 Å². The highest BCUT2D eigenvalue weighted by Gasteiger charge is 2.20. The lowest BCUT2D eigenvalue weighted by Gasteiger charge is -2.23. The highest BCUT2D eigenvalue weighted by Crippen LogP contribution is 2.28. The summed E-state index contributed by atoms with van der Waals surface area (Å²) in [4.78, 5) is 0. The molecule has 0 radical (unpaired) electrons. The van der Waals surface area contributed by atoms with Crippen LogP contribution in [0.3, 0.4) is 0 Å². The second kappa shape index (κ2) is 8.28. The zero-order valence-corrected chi connectivity index (χ0v) is 13.4. The van der Waals surface area contributed by atoms with Gasteiger partial charge in [-0.2, -0.15) is 0 Å². The van der Waals surface area contributed by atoms with Gasteiger partial charge >= 0.3 is 0 Å². The Kier molecular flexibility index (Phi) is 7.03. The quantitative estimate of drug-likeness (QED) is 0.766. The summed E-state index contributed by atoms with van der Waals surface area (Å²) in [6, 6.07) is 5.97. The van der Waals surface area contributed by atoms with Gasteiger partial charge in [-0.15, -0.1) is 0 Å². The fourth-order valence-electron chi connectivity index (χ4n) is 2.17. The zero-order valence-electron chi connectivity index (χ0n) is 13.4. The van der Waals surface area contributed by atoms with Gasteiger partial charge in [0.05, 0.1) is 12.7 Å². The van der Waals surface area contributed by atoms with Crippen LogP contribution in [0, 0.1) is 12.8 Å². The van der Waals surface area contributed by atoms with E-state index >= 15 is 0 Å². The molecule has 2 unspecified atom stereocenters. The highest BCUT2D eigenvalue weighted by atomic mass is 16.5. The van der Waals surface area contributed by atoms with Crippen molar-refractivity contribution < 1.29 is 9.84 Å². The number of aliphatic hydroxyl groups excluding tert-OH is 1. The van der Waals surface area contributed by atoms with Gasteiger partial charge in [0, 0.05) is 11.6 Å². The maximum Gasteiger partial charge on any atom is 0.125 e. The number of aliphatic hydroxyl groups is 1. The Morgan fingerprint density at radius 3 is 2.55 bits per heavy atom. The van der Waals surface area contributed by atoms with Crippen molar-refractivity contribution in [1.29, 1.82) is 0 Å². The minimum Gasteiger partial charge on any atom is -0.493 e. The summed E-state index contributed by atoms with van der Waals surface area (Å²) < 4.78 is 5.62. The predicted octanol–water partition coefficient (Wildman–Crippen LogP) is 3.45. The summed E-state index contributed by atoms with van der Waals surface area (Å²) >= 11 is 0. The monoisotopic (exact) mass is 279 g/mol. The van der Waals surface area contributed by atoms with Crippen molar-refractivity contribution >= 4 is 0 Å². The number of hydrogen-bond acceptors (Lipinski definition) is 3. The van der Waals surface area contributed by atoms with Gasteiger partial charge in [-0.3, -0.25) is 0 Å². The molecule has 2 N–H and O–H groups in total. The molecule has 0 aliphatic heterocycles. The van der Waals surface area contributed by atoms with E-state index in [1.54, 1.807) is 0 Å². The van der Waals surface area contributed by atoms with Crippen LogP contribution in [0.25, 0.3) is 0 Å². The molecule has 0 aliphatic carbocycles. The van der Waals surface area contributed by atoms with Crippen LogP contribution in [0.4, 0.5) is 0 Å². The van der Waals surface area contributed by atoms with Crippen LogP contribution >= 0.6 is 0 Å². The van der Waals surface area contributed by atoms with E-state index < -0.39 is 6.10 Å². The summed E-state index contributed by atoms with van der Waals surface area (Å²) in [6.07, 6.45) is 0.562. The van der Waals surface area contributed by atoms with Crippen molar-refractivity contribution in [1.82, 2.24) is 5.32 Å². The minimum absolute atomic E-state index is 0.00903. The number of rotatable bonds is 8. The molecular formula is C17H29NO2. The highest BCUT2D eigenvalue weighted by molar-refractivity contribution is 5.39. The molecule has 114 valence electrons. The lowest BCUT2D eigenvalue weighted by atomic mass is 10.00. The second-order valence-corrected chi connectivity index (χ2v) is 5.84. The number of aryl methyl sites for hydroxylation is 1. The third-order valence-corrected chi connectivity index (χ3v) is 3.45. The van der Waals surface area contributed by atoms with Crippen molar-refractivity contribution in [3.05, 3.63) is 29.3 Å². The molecule has 0 aromatic heterocycles. The summed E-state index contributed by atoms with van der Waals surface area (Å²) in [5.74, 6) is 1.45. The van der Waals surface area contributed by atoms with Crippen molar-refractivity contribution in [3.63, 3.8) is 0 Å². The molecule has 0 saturated heterocycles. The maximum atomic E-state index is 10.5. The van der Waals surface area contributed by atoms with E-state index in [4.69, 9.17) is 4.74 Å². The Labute approximate surface area is 123 Å². The van der Waals surface area contributed by atoms with Crippen LogP contribution in [0.1, 0.15) is 51.3 Å². The fraction of sp³-hybridized carbons (Fsp3) is 0.647. The summed E-state index contributed by atoms with van der Waals surface area (Å²) in [7, 11) is 0. The van der Waals surface area contributed by atoms with Crippen molar-refractivity contribution in [2.45, 2.75) is 53.2 Å². The second-order valence-electron chi connectivity index (χ2n) is 5.84. The van der Waals surface area contributed by atoms with Gasteiger partial charge in [0.15, 0.2) is 0 Å². The molecular weight excluding hydrogens is 250 g/mol. The largest absolute Gasteiger partial charge is 0.493 e. The zero-order chi connectivity index (χ0) is 15.1. The minimum atomic E-state index is -0.552. The topological polar surface area (TPSA) is 41.5 Å². The maximum absolute atomic E-state index is 10.5. The average Bonchev–Trinajstić information content (AvgIpc) is 2.39. The fourth-order valence-corrected chi connectivity index (χ4v) is 2.17. The lowest BCUT2D eigenvalue weighted by molar-refractivity contribution is 0.131. The molecule has 2 atom stereocenters. The van der Waals surface area contributed by atoms with E-state index in [0.717, 1.165) is 29.8 Å². The van der Waals surface area contributed by atoms with Crippen molar-refractivity contribution in [2.24, 2.45) is 5.92 Å². The Hall–Kier alpha value is -1.06. The first-order chi connectivity index (χ1) is 9.45. The molecule has 0 aliphatic rings. The average molecular weight is 279 g/mol. The van der Waals surface area contributed by atoms with Crippen LogP contribution in [0.2, 0.25) is 0 Å². The Morgan fingerprint density at radius 1 is 1.25 bits per heavy atom. The summed E-state index contributed by atoms with van der Waals surface area (Å²) in [6.45, 7) is 11.9. The van der Waals surface area contributed by atoms with Crippen LogP contribution in [0.5, 0.6) is 5.75 Å². The predicted molar refractivity (Wildman–Crippen MR) is 84.2 cm³/mol. The first-order valence-corrected chi connectivity index (χ1v) is 7.60. The Balaban J connectivity index is 2.73. The molecule has 3 nitrogen and oxygen atoms in total.